The standard InChI is InChI=1S/C28H21ClN2O4/c1-30-26-16-22(11-12-23(26)27(32)31(30)21-8-3-2-4-9-21)35-17-18-6-5-7-19(14-18)20-10-13-25(29)24(15-20)28(33)34/h2-16H,17H2,1H3,(H,33,34). The number of halogens is 1. The average molecular weight is 485 g/mol. The number of hydrogen-bond donors (Lipinski definition) is 1. The van der Waals surface area contributed by atoms with Gasteiger partial charge >= 0.3 is 5.97 Å². The Morgan fingerprint density at radius 2 is 1.69 bits per heavy atom. The van der Waals surface area contributed by atoms with E-state index in [4.69, 9.17) is 16.3 Å². The molecule has 0 unspecified atom stereocenters. The van der Waals surface area contributed by atoms with Crippen molar-refractivity contribution in [3.8, 4) is 22.6 Å². The van der Waals surface area contributed by atoms with Crippen LogP contribution in [0.25, 0.3) is 27.7 Å². The number of benzene rings is 4. The van der Waals surface area contributed by atoms with E-state index in [1.54, 1.807) is 35.0 Å². The Morgan fingerprint density at radius 1 is 0.914 bits per heavy atom. The highest BCUT2D eigenvalue weighted by atomic mass is 35.5. The monoisotopic (exact) mass is 484 g/mol. The molecule has 0 radical (unpaired) electrons. The lowest BCUT2D eigenvalue weighted by Crippen LogP contribution is -2.18. The number of hydrogen-bond acceptors (Lipinski definition) is 3. The van der Waals surface area contributed by atoms with Gasteiger partial charge in [0, 0.05) is 13.1 Å². The van der Waals surface area contributed by atoms with Crippen LogP contribution in [0.3, 0.4) is 0 Å². The first-order valence-corrected chi connectivity index (χ1v) is 11.3. The van der Waals surface area contributed by atoms with Crippen LogP contribution in [0.15, 0.2) is 95.8 Å². The van der Waals surface area contributed by atoms with Crippen LogP contribution >= 0.6 is 11.6 Å². The first kappa shape index (κ1) is 22.5. The molecule has 1 N–H and O–H groups in total. The van der Waals surface area contributed by atoms with Gasteiger partial charge in [0.25, 0.3) is 5.56 Å². The van der Waals surface area contributed by atoms with Crippen LogP contribution in [0, 0.1) is 0 Å². The molecule has 0 aliphatic rings. The minimum absolute atomic E-state index is 0.0622. The molecule has 35 heavy (non-hydrogen) atoms. The molecule has 0 aliphatic heterocycles. The van der Waals surface area contributed by atoms with Crippen LogP contribution < -0.4 is 10.3 Å². The third kappa shape index (κ3) is 4.32. The molecule has 0 fully saturated rings. The van der Waals surface area contributed by atoms with E-state index in [-0.39, 0.29) is 16.1 Å². The van der Waals surface area contributed by atoms with Crippen molar-refractivity contribution in [2.24, 2.45) is 7.05 Å². The van der Waals surface area contributed by atoms with E-state index in [0.717, 1.165) is 27.9 Å². The quantitative estimate of drug-likeness (QED) is 0.324. The minimum atomic E-state index is -1.07. The zero-order valence-corrected chi connectivity index (χ0v) is 19.6. The summed E-state index contributed by atoms with van der Waals surface area (Å²) in [5.41, 5.74) is 4.08. The second kappa shape index (κ2) is 9.16. The second-order valence-corrected chi connectivity index (χ2v) is 8.55. The number of aromatic nitrogens is 2. The maximum Gasteiger partial charge on any atom is 0.337 e. The van der Waals surface area contributed by atoms with Gasteiger partial charge in [0.15, 0.2) is 0 Å². The molecule has 0 saturated heterocycles. The number of aryl methyl sites for hydroxylation is 1. The Balaban J connectivity index is 1.40. The molecule has 1 aromatic heterocycles. The molecular formula is C28H21ClN2O4. The molecule has 0 bridgehead atoms. The van der Waals surface area contributed by atoms with Gasteiger partial charge in [-0.3, -0.25) is 9.48 Å². The van der Waals surface area contributed by atoms with Gasteiger partial charge in [-0.2, -0.15) is 0 Å². The van der Waals surface area contributed by atoms with E-state index in [1.807, 2.05) is 72.4 Å². The van der Waals surface area contributed by atoms with Gasteiger partial charge in [0.05, 0.1) is 27.2 Å². The van der Waals surface area contributed by atoms with Gasteiger partial charge < -0.3 is 9.84 Å². The first-order chi connectivity index (χ1) is 16.9. The molecule has 174 valence electrons. The largest absolute Gasteiger partial charge is 0.489 e. The topological polar surface area (TPSA) is 73.5 Å². The Hall–Kier alpha value is -4.29. The smallest absolute Gasteiger partial charge is 0.337 e. The highest BCUT2D eigenvalue weighted by Crippen LogP contribution is 2.27. The lowest BCUT2D eigenvalue weighted by molar-refractivity contribution is 0.0697. The summed E-state index contributed by atoms with van der Waals surface area (Å²) in [6.45, 7) is 0.312. The van der Waals surface area contributed by atoms with Crippen molar-refractivity contribution in [2.45, 2.75) is 6.61 Å². The van der Waals surface area contributed by atoms with E-state index in [0.29, 0.717) is 17.7 Å². The van der Waals surface area contributed by atoms with Crippen molar-refractivity contribution in [3.05, 3.63) is 117 Å². The molecule has 4 aromatic carbocycles. The molecule has 0 amide bonds. The van der Waals surface area contributed by atoms with Gasteiger partial charge in [0.1, 0.15) is 12.4 Å². The third-order valence-electron chi connectivity index (χ3n) is 5.90. The number of carboxylic acids is 1. The molecule has 0 spiro atoms. The average Bonchev–Trinajstić information content (AvgIpc) is 3.12. The van der Waals surface area contributed by atoms with Crippen LogP contribution in [0.1, 0.15) is 15.9 Å². The number of carboxylic acid groups (broad SMARTS) is 1. The first-order valence-electron chi connectivity index (χ1n) is 10.9. The van der Waals surface area contributed by atoms with Gasteiger partial charge in [-0.1, -0.05) is 54.1 Å². The van der Waals surface area contributed by atoms with E-state index in [2.05, 4.69) is 0 Å². The summed E-state index contributed by atoms with van der Waals surface area (Å²) >= 11 is 6.00. The maximum absolute atomic E-state index is 13.0. The van der Waals surface area contributed by atoms with E-state index in [1.165, 1.54) is 0 Å². The van der Waals surface area contributed by atoms with Gasteiger partial charge in [-0.25, -0.2) is 9.48 Å². The summed E-state index contributed by atoms with van der Waals surface area (Å²) in [4.78, 5) is 24.4. The van der Waals surface area contributed by atoms with Crippen LogP contribution in [-0.2, 0) is 13.7 Å². The Kier molecular flexibility index (Phi) is 5.89. The Labute approximate surface area is 206 Å². The van der Waals surface area contributed by atoms with Crippen molar-refractivity contribution < 1.29 is 14.6 Å². The molecule has 5 aromatic rings. The normalized spacial score (nSPS) is 11.0. The van der Waals surface area contributed by atoms with Crippen LogP contribution in [0.5, 0.6) is 5.75 Å². The summed E-state index contributed by atoms with van der Waals surface area (Å²) < 4.78 is 9.50. The van der Waals surface area contributed by atoms with Crippen LogP contribution in [0.4, 0.5) is 0 Å². The fourth-order valence-electron chi connectivity index (χ4n) is 4.14. The molecule has 0 aliphatic carbocycles. The van der Waals surface area contributed by atoms with Gasteiger partial charge in [0.2, 0.25) is 0 Å². The summed E-state index contributed by atoms with van der Waals surface area (Å²) in [6, 6.07) is 27.6. The lowest BCUT2D eigenvalue weighted by atomic mass is 10.0. The van der Waals surface area contributed by atoms with E-state index >= 15 is 0 Å². The van der Waals surface area contributed by atoms with Crippen molar-refractivity contribution in [1.29, 1.82) is 0 Å². The predicted octanol–water partition coefficient (Wildman–Crippen LogP) is 5.93. The summed E-state index contributed by atoms with van der Waals surface area (Å²) in [6.07, 6.45) is 0. The number of nitrogens with zero attached hydrogens (tertiary/aromatic N) is 2. The number of rotatable bonds is 6. The molecular weight excluding hydrogens is 464 g/mol. The fraction of sp³-hybridized carbons (Fsp3) is 0.0714. The molecule has 6 nitrogen and oxygen atoms in total. The Morgan fingerprint density at radius 3 is 2.46 bits per heavy atom. The maximum atomic E-state index is 13.0. The molecule has 0 saturated carbocycles. The molecule has 5 rings (SSSR count). The SMILES string of the molecule is Cn1c2cc(OCc3cccc(-c4ccc(Cl)c(C(=O)O)c4)c3)ccc2c(=O)n1-c1ccccc1. The lowest BCUT2D eigenvalue weighted by Gasteiger charge is -2.10. The molecule has 0 atom stereocenters. The number of ether oxygens (including phenoxy) is 1. The highest BCUT2D eigenvalue weighted by molar-refractivity contribution is 6.33. The molecule has 1 heterocycles. The van der Waals surface area contributed by atoms with Gasteiger partial charge in [-0.15, -0.1) is 0 Å². The van der Waals surface area contributed by atoms with Crippen molar-refractivity contribution >= 4 is 28.5 Å². The third-order valence-corrected chi connectivity index (χ3v) is 6.23. The second-order valence-electron chi connectivity index (χ2n) is 8.14. The van der Waals surface area contributed by atoms with Crippen LogP contribution in [-0.4, -0.2) is 20.4 Å². The predicted molar refractivity (Wildman–Crippen MR) is 137 cm³/mol. The van der Waals surface area contributed by atoms with Crippen molar-refractivity contribution in [2.75, 3.05) is 0 Å². The minimum Gasteiger partial charge on any atom is -0.489 e. The number of para-hydroxylation sites is 1. The molecule has 7 heteroatoms. The number of aromatic carboxylic acids is 1. The highest BCUT2D eigenvalue weighted by Gasteiger charge is 2.14. The summed E-state index contributed by atoms with van der Waals surface area (Å²) in [7, 11) is 1.85. The fourth-order valence-corrected chi connectivity index (χ4v) is 4.34. The zero-order valence-electron chi connectivity index (χ0n) is 18.8. The zero-order chi connectivity index (χ0) is 24.5. The summed E-state index contributed by atoms with van der Waals surface area (Å²) in [5, 5.41) is 10.2. The van der Waals surface area contributed by atoms with Crippen molar-refractivity contribution in [1.82, 2.24) is 9.36 Å². The van der Waals surface area contributed by atoms with Crippen LogP contribution in [0.2, 0.25) is 5.02 Å². The number of carbonyl (C=O) groups is 1. The van der Waals surface area contributed by atoms with E-state index in [9.17, 15) is 14.7 Å². The summed E-state index contributed by atoms with van der Waals surface area (Å²) in [5.74, 6) is -0.425. The van der Waals surface area contributed by atoms with E-state index < -0.39 is 5.97 Å². The number of fused-ring (bicyclic) bond motifs is 1. The van der Waals surface area contributed by atoms with Crippen molar-refractivity contribution in [3.63, 3.8) is 0 Å². The Bertz CT molecular complexity index is 1620. The van der Waals surface area contributed by atoms with Gasteiger partial charge in [-0.05, 0) is 59.2 Å².